The Morgan fingerprint density at radius 3 is 2.48 bits per heavy atom. The summed E-state index contributed by atoms with van der Waals surface area (Å²) in [5.74, 6) is -0.230. The Bertz CT molecular complexity index is 756. The molecule has 4 nitrogen and oxygen atoms in total. The highest BCUT2D eigenvalue weighted by Crippen LogP contribution is 2.24. The number of benzene rings is 2. The third-order valence-corrected chi connectivity index (χ3v) is 3.82. The number of nitrogens with zero attached hydrogens (tertiary/aromatic N) is 2. The van der Waals surface area contributed by atoms with Crippen molar-refractivity contribution in [2.24, 2.45) is 0 Å². The van der Waals surface area contributed by atoms with Crippen LogP contribution in [0.1, 0.15) is 9.67 Å². The number of hydrogen-bond acceptors (Lipinski definition) is 4. The highest BCUT2D eigenvalue weighted by molar-refractivity contribution is 7.08. The standard InChI is InChI=1S/C15H10ClN3OS/c16-11-6-8-12(9-7-11)17-15(20)14-13(18-19-21-14)10-4-2-1-3-5-10/h1-9H,(H,17,20). The van der Waals surface area contributed by atoms with Gasteiger partial charge >= 0.3 is 0 Å². The van der Waals surface area contributed by atoms with Crippen molar-refractivity contribution < 1.29 is 4.79 Å². The largest absolute Gasteiger partial charge is 0.321 e. The molecule has 0 bridgehead atoms. The van der Waals surface area contributed by atoms with Crippen molar-refractivity contribution >= 4 is 34.7 Å². The molecule has 1 heterocycles. The highest BCUT2D eigenvalue weighted by atomic mass is 35.5. The number of hydrogen-bond donors (Lipinski definition) is 1. The topological polar surface area (TPSA) is 54.9 Å². The first kappa shape index (κ1) is 13.7. The molecule has 3 aromatic rings. The van der Waals surface area contributed by atoms with E-state index in [9.17, 15) is 4.79 Å². The van der Waals surface area contributed by atoms with E-state index in [2.05, 4.69) is 14.9 Å². The van der Waals surface area contributed by atoms with Crippen molar-refractivity contribution in [1.82, 2.24) is 9.59 Å². The zero-order valence-electron chi connectivity index (χ0n) is 10.8. The Hall–Kier alpha value is -2.24. The van der Waals surface area contributed by atoms with Crippen LogP contribution in [0.5, 0.6) is 0 Å². The lowest BCUT2D eigenvalue weighted by Gasteiger charge is -2.04. The van der Waals surface area contributed by atoms with Gasteiger partial charge in [-0.3, -0.25) is 4.79 Å². The van der Waals surface area contributed by atoms with Gasteiger partial charge in [-0.25, -0.2) is 0 Å². The summed E-state index contributed by atoms with van der Waals surface area (Å²) in [6.45, 7) is 0. The van der Waals surface area contributed by atoms with E-state index < -0.39 is 0 Å². The first-order valence-corrected chi connectivity index (χ1v) is 7.34. The fraction of sp³-hybridized carbons (Fsp3) is 0. The van der Waals surface area contributed by atoms with Crippen LogP contribution in [0.4, 0.5) is 5.69 Å². The molecule has 0 aliphatic rings. The molecule has 0 atom stereocenters. The van der Waals surface area contributed by atoms with Crippen LogP contribution < -0.4 is 5.32 Å². The smallest absolute Gasteiger partial charge is 0.269 e. The van der Waals surface area contributed by atoms with Gasteiger partial charge in [0.1, 0.15) is 10.6 Å². The first-order chi connectivity index (χ1) is 10.2. The van der Waals surface area contributed by atoms with E-state index in [0.717, 1.165) is 17.1 Å². The number of rotatable bonds is 3. The second-order valence-corrected chi connectivity index (χ2v) is 5.47. The maximum atomic E-state index is 12.3. The molecule has 0 aliphatic carbocycles. The maximum Gasteiger partial charge on any atom is 0.269 e. The van der Waals surface area contributed by atoms with Crippen molar-refractivity contribution in [2.75, 3.05) is 5.32 Å². The molecule has 0 spiro atoms. The fourth-order valence-corrected chi connectivity index (χ4v) is 2.55. The summed E-state index contributed by atoms with van der Waals surface area (Å²) >= 11 is 6.90. The molecular formula is C15H10ClN3OS. The predicted molar refractivity (Wildman–Crippen MR) is 84.8 cm³/mol. The van der Waals surface area contributed by atoms with Crippen LogP contribution in [-0.4, -0.2) is 15.5 Å². The minimum absolute atomic E-state index is 0.230. The van der Waals surface area contributed by atoms with Gasteiger partial charge in [0.2, 0.25) is 0 Å². The second kappa shape index (κ2) is 6.03. The lowest BCUT2D eigenvalue weighted by Crippen LogP contribution is -2.11. The van der Waals surface area contributed by atoms with E-state index in [1.165, 1.54) is 0 Å². The number of halogens is 1. The number of nitrogens with one attached hydrogen (secondary N) is 1. The summed E-state index contributed by atoms with van der Waals surface area (Å²) in [4.78, 5) is 12.8. The van der Waals surface area contributed by atoms with Gasteiger partial charge in [0.25, 0.3) is 5.91 Å². The third-order valence-electron chi connectivity index (χ3n) is 2.84. The molecule has 0 radical (unpaired) electrons. The zero-order valence-corrected chi connectivity index (χ0v) is 12.4. The van der Waals surface area contributed by atoms with Crippen LogP contribution in [0.2, 0.25) is 5.02 Å². The molecule has 6 heteroatoms. The zero-order chi connectivity index (χ0) is 14.7. The van der Waals surface area contributed by atoms with Crippen LogP contribution >= 0.6 is 23.1 Å². The fourth-order valence-electron chi connectivity index (χ4n) is 1.85. The van der Waals surface area contributed by atoms with E-state index in [1.54, 1.807) is 24.3 Å². The van der Waals surface area contributed by atoms with Crippen LogP contribution in [0, 0.1) is 0 Å². The van der Waals surface area contributed by atoms with Crippen LogP contribution in [0.15, 0.2) is 54.6 Å². The summed E-state index contributed by atoms with van der Waals surface area (Å²) in [6.07, 6.45) is 0. The van der Waals surface area contributed by atoms with Gasteiger partial charge < -0.3 is 5.32 Å². The Labute approximate surface area is 130 Å². The molecule has 0 saturated carbocycles. The molecule has 1 aromatic heterocycles. The van der Waals surface area contributed by atoms with E-state index in [4.69, 9.17) is 11.6 Å². The van der Waals surface area contributed by atoms with E-state index in [0.29, 0.717) is 21.3 Å². The molecule has 21 heavy (non-hydrogen) atoms. The normalized spacial score (nSPS) is 10.3. The van der Waals surface area contributed by atoms with Gasteiger partial charge in [-0.1, -0.05) is 46.4 Å². The van der Waals surface area contributed by atoms with Gasteiger partial charge in [0.15, 0.2) is 0 Å². The number of carbonyl (C=O) groups excluding carboxylic acids is 1. The lowest BCUT2D eigenvalue weighted by molar-refractivity contribution is 0.103. The van der Waals surface area contributed by atoms with Gasteiger partial charge in [-0.15, -0.1) is 5.10 Å². The van der Waals surface area contributed by atoms with Crippen molar-refractivity contribution in [3.05, 3.63) is 64.5 Å². The Kier molecular flexibility index (Phi) is 3.94. The van der Waals surface area contributed by atoms with E-state index in [-0.39, 0.29) is 5.91 Å². The molecule has 1 N–H and O–H groups in total. The van der Waals surface area contributed by atoms with Gasteiger partial charge in [0, 0.05) is 16.3 Å². The van der Waals surface area contributed by atoms with Gasteiger partial charge in [-0.2, -0.15) is 0 Å². The molecule has 0 fully saturated rings. The number of amides is 1. The monoisotopic (exact) mass is 315 g/mol. The number of aromatic nitrogens is 2. The van der Waals surface area contributed by atoms with Crippen LogP contribution in [0.25, 0.3) is 11.3 Å². The van der Waals surface area contributed by atoms with Crippen molar-refractivity contribution in [2.45, 2.75) is 0 Å². The van der Waals surface area contributed by atoms with Crippen molar-refractivity contribution in [1.29, 1.82) is 0 Å². The van der Waals surface area contributed by atoms with Crippen molar-refractivity contribution in [3.63, 3.8) is 0 Å². The average Bonchev–Trinajstić information content (AvgIpc) is 3.00. The molecule has 2 aromatic carbocycles. The third kappa shape index (κ3) is 3.09. The number of anilines is 1. The van der Waals surface area contributed by atoms with Crippen molar-refractivity contribution in [3.8, 4) is 11.3 Å². The summed E-state index contributed by atoms with van der Waals surface area (Å²) in [7, 11) is 0. The predicted octanol–water partition coefficient (Wildman–Crippen LogP) is 4.11. The Morgan fingerprint density at radius 2 is 1.76 bits per heavy atom. The van der Waals surface area contributed by atoms with Gasteiger partial charge in [0.05, 0.1) is 0 Å². The molecule has 104 valence electrons. The summed E-state index contributed by atoms with van der Waals surface area (Å²) in [6, 6.07) is 16.4. The molecule has 0 saturated heterocycles. The molecule has 1 amide bonds. The second-order valence-electron chi connectivity index (χ2n) is 4.28. The van der Waals surface area contributed by atoms with E-state index >= 15 is 0 Å². The maximum absolute atomic E-state index is 12.3. The molecule has 0 aliphatic heterocycles. The lowest BCUT2D eigenvalue weighted by atomic mass is 10.1. The average molecular weight is 316 g/mol. The van der Waals surface area contributed by atoms with Crippen LogP contribution in [-0.2, 0) is 0 Å². The molecule has 3 rings (SSSR count). The summed E-state index contributed by atoms with van der Waals surface area (Å²) in [5, 5.41) is 7.49. The number of carbonyl (C=O) groups is 1. The summed E-state index contributed by atoms with van der Waals surface area (Å²) < 4.78 is 3.89. The van der Waals surface area contributed by atoms with E-state index in [1.807, 2.05) is 30.3 Å². The SMILES string of the molecule is O=C(Nc1ccc(Cl)cc1)c1snnc1-c1ccccc1. The highest BCUT2D eigenvalue weighted by Gasteiger charge is 2.17. The first-order valence-electron chi connectivity index (χ1n) is 6.19. The molecular weight excluding hydrogens is 306 g/mol. The minimum Gasteiger partial charge on any atom is -0.321 e. The van der Waals surface area contributed by atoms with Crippen LogP contribution in [0.3, 0.4) is 0 Å². The molecule has 0 unspecified atom stereocenters. The quantitative estimate of drug-likeness (QED) is 0.791. The van der Waals surface area contributed by atoms with Gasteiger partial charge in [-0.05, 0) is 35.8 Å². The minimum atomic E-state index is -0.230. The summed E-state index contributed by atoms with van der Waals surface area (Å²) in [5.41, 5.74) is 2.14. The Morgan fingerprint density at radius 1 is 1.05 bits per heavy atom. The Balaban J connectivity index is 1.86.